The second kappa shape index (κ2) is 10.0. The Hall–Kier alpha value is -3.80. The Morgan fingerprint density at radius 2 is 1.59 bits per heavy atom. The van der Waals surface area contributed by atoms with E-state index >= 15 is 0 Å². The van der Waals surface area contributed by atoms with Gasteiger partial charge >= 0.3 is 0 Å². The standard InChI is InChI=1S/C26H27N3O3/c1-3-31-23-15-9-10-16-24(23)32-18-17-29-22-14-8-7-13-21(22)28-25(29)19(2)27-26(30)20-11-5-4-6-12-20/h4-16,19H,3,17-18H2,1-2H3,(H,27,30). The highest BCUT2D eigenvalue weighted by Crippen LogP contribution is 2.27. The number of carbonyl (C=O) groups excluding carboxylic acids is 1. The van der Waals surface area contributed by atoms with Crippen LogP contribution in [0.2, 0.25) is 0 Å². The van der Waals surface area contributed by atoms with Gasteiger partial charge in [-0.05, 0) is 50.2 Å². The van der Waals surface area contributed by atoms with Gasteiger partial charge in [-0.1, -0.05) is 42.5 Å². The first-order chi connectivity index (χ1) is 15.7. The van der Waals surface area contributed by atoms with Gasteiger partial charge in [0.15, 0.2) is 11.5 Å². The lowest BCUT2D eigenvalue weighted by molar-refractivity contribution is 0.0937. The second-order valence-corrected chi connectivity index (χ2v) is 7.40. The van der Waals surface area contributed by atoms with Crippen molar-refractivity contribution in [3.8, 4) is 11.5 Å². The molecule has 1 heterocycles. The molecule has 1 N–H and O–H groups in total. The first-order valence-corrected chi connectivity index (χ1v) is 10.8. The Labute approximate surface area is 187 Å². The van der Waals surface area contributed by atoms with Gasteiger partial charge in [-0.25, -0.2) is 4.98 Å². The highest BCUT2D eigenvalue weighted by molar-refractivity contribution is 5.94. The number of hydrogen-bond donors (Lipinski definition) is 1. The van der Waals surface area contributed by atoms with Crippen LogP contribution in [0.5, 0.6) is 11.5 Å². The molecule has 0 radical (unpaired) electrons. The maximum Gasteiger partial charge on any atom is 0.251 e. The molecule has 1 aromatic heterocycles. The molecule has 0 bridgehead atoms. The van der Waals surface area contributed by atoms with Gasteiger partial charge in [-0.15, -0.1) is 0 Å². The minimum Gasteiger partial charge on any atom is -0.490 e. The second-order valence-electron chi connectivity index (χ2n) is 7.40. The molecule has 6 heteroatoms. The first-order valence-electron chi connectivity index (χ1n) is 10.8. The fourth-order valence-electron chi connectivity index (χ4n) is 3.68. The lowest BCUT2D eigenvalue weighted by Crippen LogP contribution is -2.29. The number of carbonyl (C=O) groups is 1. The molecule has 3 aromatic carbocycles. The zero-order chi connectivity index (χ0) is 22.3. The van der Waals surface area contributed by atoms with Gasteiger partial charge in [0.1, 0.15) is 12.4 Å². The highest BCUT2D eigenvalue weighted by Gasteiger charge is 2.19. The van der Waals surface area contributed by atoms with Crippen molar-refractivity contribution >= 4 is 16.9 Å². The van der Waals surface area contributed by atoms with E-state index in [-0.39, 0.29) is 11.9 Å². The van der Waals surface area contributed by atoms with E-state index in [0.29, 0.717) is 31.1 Å². The predicted molar refractivity (Wildman–Crippen MR) is 125 cm³/mol. The van der Waals surface area contributed by atoms with Crippen molar-refractivity contribution in [3.05, 3.63) is 90.3 Å². The van der Waals surface area contributed by atoms with Crippen LogP contribution in [-0.4, -0.2) is 28.7 Å². The Bertz CT molecular complexity index is 1190. The van der Waals surface area contributed by atoms with Crippen molar-refractivity contribution in [1.82, 2.24) is 14.9 Å². The largest absolute Gasteiger partial charge is 0.490 e. The van der Waals surface area contributed by atoms with Gasteiger partial charge in [0.25, 0.3) is 5.91 Å². The summed E-state index contributed by atoms with van der Waals surface area (Å²) in [5.41, 5.74) is 2.51. The number of imidazole rings is 1. The van der Waals surface area contributed by atoms with Gasteiger partial charge < -0.3 is 19.4 Å². The third-order valence-corrected chi connectivity index (χ3v) is 5.18. The molecule has 164 valence electrons. The van der Waals surface area contributed by atoms with Gasteiger partial charge in [0, 0.05) is 5.56 Å². The smallest absolute Gasteiger partial charge is 0.251 e. The number of fused-ring (bicyclic) bond motifs is 1. The molecule has 6 nitrogen and oxygen atoms in total. The van der Waals surface area contributed by atoms with Crippen LogP contribution >= 0.6 is 0 Å². The van der Waals surface area contributed by atoms with E-state index in [2.05, 4.69) is 9.88 Å². The van der Waals surface area contributed by atoms with Crippen molar-refractivity contribution in [3.63, 3.8) is 0 Å². The summed E-state index contributed by atoms with van der Waals surface area (Å²) in [6.07, 6.45) is 0. The van der Waals surface area contributed by atoms with E-state index < -0.39 is 0 Å². The van der Waals surface area contributed by atoms with E-state index in [0.717, 1.165) is 22.6 Å². The molecule has 0 saturated heterocycles. The van der Waals surface area contributed by atoms with Crippen LogP contribution in [0.25, 0.3) is 11.0 Å². The molecule has 0 aliphatic carbocycles. The molecule has 0 fully saturated rings. The summed E-state index contributed by atoms with van der Waals surface area (Å²) < 4.78 is 13.8. The number of nitrogens with one attached hydrogen (secondary N) is 1. The average Bonchev–Trinajstić information content (AvgIpc) is 3.20. The topological polar surface area (TPSA) is 65.4 Å². The summed E-state index contributed by atoms with van der Waals surface area (Å²) >= 11 is 0. The summed E-state index contributed by atoms with van der Waals surface area (Å²) in [5, 5.41) is 3.06. The normalized spacial score (nSPS) is 11.8. The number of benzene rings is 3. The van der Waals surface area contributed by atoms with Crippen LogP contribution < -0.4 is 14.8 Å². The van der Waals surface area contributed by atoms with Crippen LogP contribution in [0.3, 0.4) is 0 Å². The number of ether oxygens (including phenoxy) is 2. The lowest BCUT2D eigenvalue weighted by Gasteiger charge is -2.17. The molecular formula is C26H27N3O3. The Morgan fingerprint density at radius 3 is 2.34 bits per heavy atom. The highest BCUT2D eigenvalue weighted by atomic mass is 16.5. The molecule has 0 spiro atoms. The van der Waals surface area contributed by atoms with E-state index in [9.17, 15) is 4.79 Å². The average molecular weight is 430 g/mol. The van der Waals surface area contributed by atoms with E-state index in [1.54, 1.807) is 12.1 Å². The van der Waals surface area contributed by atoms with Crippen LogP contribution in [0.15, 0.2) is 78.9 Å². The molecular weight excluding hydrogens is 402 g/mol. The van der Waals surface area contributed by atoms with Crippen molar-refractivity contribution in [2.75, 3.05) is 13.2 Å². The van der Waals surface area contributed by atoms with E-state index in [1.165, 1.54) is 0 Å². The zero-order valence-corrected chi connectivity index (χ0v) is 18.3. The van der Waals surface area contributed by atoms with Gasteiger partial charge in [-0.2, -0.15) is 0 Å². The number of rotatable bonds is 9. The maximum atomic E-state index is 12.7. The van der Waals surface area contributed by atoms with E-state index in [1.807, 2.05) is 80.6 Å². The number of para-hydroxylation sites is 4. The van der Waals surface area contributed by atoms with Crippen molar-refractivity contribution in [2.45, 2.75) is 26.4 Å². The fourth-order valence-corrected chi connectivity index (χ4v) is 3.68. The minimum atomic E-state index is -0.272. The third kappa shape index (κ3) is 4.75. The minimum absolute atomic E-state index is 0.126. The van der Waals surface area contributed by atoms with Gasteiger partial charge in [0.2, 0.25) is 0 Å². The Kier molecular flexibility index (Phi) is 6.70. The first kappa shape index (κ1) is 21.4. The summed E-state index contributed by atoms with van der Waals surface area (Å²) in [6.45, 7) is 5.50. The molecule has 1 unspecified atom stereocenters. The Balaban J connectivity index is 1.53. The molecule has 0 saturated carbocycles. The van der Waals surface area contributed by atoms with Crippen LogP contribution in [0.4, 0.5) is 0 Å². The molecule has 1 amide bonds. The zero-order valence-electron chi connectivity index (χ0n) is 18.3. The Morgan fingerprint density at radius 1 is 0.938 bits per heavy atom. The number of hydrogen-bond acceptors (Lipinski definition) is 4. The van der Waals surface area contributed by atoms with Gasteiger partial charge in [0.05, 0.1) is 30.2 Å². The molecule has 0 aliphatic rings. The van der Waals surface area contributed by atoms with Gasteiger partial charge in [-0.3, -0.25) is 4.79 Å². The van der Waals surface area contributed by atoms with Crippen LogP contribution in [-0.2, 0) is 6.54 Å². The SMILES string of the molecule is CCOc1ccccc1OCCn1c(C(C)NC(=O)c2ccccc2)nc2ccccc21. The summed E-state index contributed by atoms with van der Waals surface area (Å²) in [4.78, 5) is 17.5. The molecule has 0 aliphatic heterocycles. The summed E-state index contributed by atoms with van der Waals surface area (Å²) in [7, 11) is 0. The van der Waals surface area contributed by atoms with Crippen molar-refractivity contribution in [1.29, 1.82) is 0 Å². The summed E-state index contributed by atoms with van der Waals surface area (Å²) in [5.74, 6) is 2.11. The van der Waals surface area contributed by atoms with Crippen molar-refractivity contribution < 1.29 is 14.3 Å². The summed E-state index contributed by atoms with van der Waals surface area (Å²) in [6, 6.07) is 24.6. The maximum absolute atomic E-state index is 12.7. The molecule has 4 aromatic rings. The molecule has 32 heavy (non-hydrogen) atoms. The monoisotopic (exact) mass is 429 g/mol. The molecule has 4 rings (SSSR count). The fraction of sp³-hybridized carbons (Fsp3) is 0.231. The van der Waals surface area contributed by atoms with Crippen LogP contribution in [0.1, 0.15) is 36.1 Å². The lowest BCUT2D eigenvalue weighted by atomic mass is 10.2. The third-order valence-electron chi connectivity index (χ3n) is 5.18. The number of nitrogens with zero attached hydrogens (tertiary/aromatic N) is 2. The number of amides is 1. The van der Waals surface area contributed by atoms with E-state index in [4.69, 9.17) is 14.5 Å². The number of aromatic nitrogens is 2. The molecule has 1 atom stereocenters. The quantitative estimate of drug-likeness (QED) is 0.406. The van der Waals surface area contributed by atoms with Crippen LogP contribution in [0, 0.1) is 0 Å². The predicted octanol–water partition coefficient (Wildman–Crippen LogP) is 5.01. The van der Waals surface area contributed by atoms with Crippen molar-refractivity contribution in [2.24, 2.45) is 0 Å².